The van der Waals surface area contributed by atoms with Gasteiger partial charge in [0, 0.05) is 18.9 Å². The van der Waals surface area contributed by atoms with E-state index in [1.807, 2.05) is 31.3 Å². The molecule has 1 aromatic heterocycles. The van der Waals surface area contributed by atoms with Crippen molar-refractivity contribution in [1.29, 1.82) is 0 Å². The molecule has 0 aliphatic rings. The molecule has 0 saturated carbocycles. The van der Waals surface area contributed by atoms with Gasteiger partial charge in [-0.15, -0.1) is 0 Å². The van der Waals surface area contributed by atoms with Gasteiger partial charge in [-0.25, -0.2) is 0 Å². The fraction of sp³-hybridized carbons (Fsp3) is 0.273. The summed E-state index contributed by atoms with van der Waals surface area (Å²) in [6.07, 6.45) is -0.169. The maximum absolute atomic E-state index is 10.4. The Balaban J connectivity index is 2.47. The summed E-state index contributed by atoms with van der Waals surface area (Å²) in [4.78, 5) is 10.4. The number of hydrogen-bond acceptors (Lipinski definition) is 3. The maximum atomic E-state index is 10.4. The first-order valence-corrected chi connectivity index (χ1v) is 4.76. The molecule has 1 aromatic carbocycles. The smallest absolute Gasteiger partial charge is 0.148 e. The summed E-state index contributed by atoms with van der Waals surface area (Å²) in [7, 11) is 1.85. The number of aryl methyl sites for hydroxylation is 1. The normalized spacial score (nSPS) is 12.9. The average molecular weight is 204 g/mol. The number of aldehydes is 1. The second-order valence-corrected chi connectivity index (χ2v) is 3.50. The van der Waals surface area contributed by atoms with Crippen LogP contribution in [0.4, 0.5) is 0 Å². The van der Waals surface area contributed by atoms with Crippen molar-refractivity contribution in [3.05, 3.63) is 30.0 Å². The van der Waals surface area contributed by atoms with Gasteiger partial charge in [0.05, 0.1) is 11.2 Å². The molecular weight excluding hydrogens is 192 g/mol. The number of aromatic nitrogens is 2. The van der Waals surface area contributed by atoms with E-state index in [4.69, 9.17) is 0 Å². The molecule has 0 amide bonds. The summed E-state index contributed by atoms with van der Waals surface area (Å²) in [6.45, 7) is 0. The molecular formula is C11H12N2O2. The van der Waals surface area contributed by atoms with E-state index >= 15 is 0 Å². The molecule has 1 atom stereocenters. The number of benzene rings is 1. The summed E-state index contributed by atoms with van der Waals surface area (Å²) in [6, 6.07) is 7.75. The molecule has 0 spiro atoms. The van der Waals surface area contributed by atoms with Crippen molar-refractivity contribution in [2.75, 3.05) is 0 Å². The van der Waals surface area contributed by atoms with Crippen LogP contribution in [0.5, 0.6) is 0 Å². The molecule has 15 heavy (non-hydrogen) atoms. The topological polar surface area (TPSA) is 55.1 Å². The summed E-state index contributed by atoms with van der Waals surface area (Å²) in [5, 5.41) is 14.5. The van der Waals surface area contributed by atoms with E-state index in [-0.39, 0.29) is 6.42 Å². The minimum Gasteiger partial charge on any atom is -0.385 e. The monoisotopic (exact) mass is 204 g/mol. The fourth-order valence-corrected chi connectivity index (χ4v) is 1.69. The van der Waals surface area contributed by atoms with Crippen molar-refractivity contribution in [2.24, 2.45) is 7.05 Å². The van der Waals surface area contributed by atoms with Crippen LogP contribution in [0.2, 0.25) is 0 Å². The molecule has 0 saturated heterocycles. The first-order valence-electron chi connectivity index (χ1n) is 4.76. The molecule has 4 heteroatoms. The predicted molar refractivity (Wildman–Crippen MR) is 56.5 cm³/mol. The number of para-hydroxylation sites is 1. The highest BCUT2D eigenvalue weighted by Gasteiger charge is 2.11. The van der Waals surface area contributed by atoms with Gasteiger partial charge in [-0.3, -0.25) is 4.68 Å². The number of carbonyl (C=O) groups excluding carboxylic acids is 1. The highest BCUT2D eigenvalue weighted by atomic mass is 16.3. The number of rotatable bonds is 3. The molecule has 0 bridgehead atoms. The minimum absolute atomic E-state index is 0.269. The quantitative estimate of drug-likeness (QED) is 0.748. The Kier molecular flexibility index (Phi) is 2.51. The highest BCUT2D eigenvalue weighted by Crippen LogP contribution is 2.18. The summed E-state index contributed by atoms with van der Waals surface area (Å²) >= 11 is 0. The second-order valence-electron chi connectivity index (χ2n) is 3.50. The Morgan fingerprint density at radius 1 is 1.53 bits per heavy atom. The molecule has 1 heterocycles. The Morgan fingerprint density at radius 3 is 3.00 bits per heavy atom. The lowest BCUT2D eigenvalue weighted by molar-refractivity contribution is -0.114. The Labute approximate surface area is 87.1 Å². The van der Waals surface area contributed by atoms with Crippen LogP contribution >= 0.6 is 0 Å². The van der Waals surface area contributed by atoms with Crippen molar-refractivity contribution in [3.8, 4) is 0 Å². The van der Waals surface area contributed by atoms with Gasteiger partial charge in [-0.2, -0.15) is 5.10 Å². The van der Waals surface area contributed by atoms with Crippen LogP contribution in [0.3, 0.4) is 0 Å². The zero-order chi connectivity index (χ0) is 10.8. The molecule has 0 aliphatic carbocycles. The lowest BCUT2D eigenvalue weighted by Crippen LogP contribution is -2.12. The molecule has 1 unspecified atom stereocenters. The van der Waals surface area contributed by atoms with E-state index < -0.39 is 6.10 Å². The van der Waals surface area contributed by atoms with E-state index in [2.05, 4.69) is 5.10 Å². The van der Waals surface area contributed by atoms with Crippen molar-refractivity contribution in [3.63, 3.8) is 0 Å². The lowest BCUT2D eigenvalue weighted by Gasteiger charge is -1.98. The molecule has 2 aromatic rings. The first kappa shape index (κ1) is 9.86. The zero-order valence-electron chi connectivity index (χ0n) is 8.42. The molecule has 4 nitrogen and oxygen atoms in total. The van der Waals surface area contributed by atoms with Crippen LogP contribution in [0, 0.1) is 0 Å². The maximum Gasteiger partial charge on any atom is 0.148 e. The third-order valence-electron chi connectivity index (χ3n) is 2.39. The zero-order valence-corrected chi connectivity index (χ0v) is 8.42. The number of fused-ring (bicyclic) bond motifs is 1. The molecule has 1 N–H and O–H groups in total. The third-order valence-corrected chi connectivity index (χ3v) is 2.39. The SMILES string of the molecule is Cn1nc(CC(O)C=O)c2ccccc21. The van der Waals surface area contributed by atoms with E-state index in [1.165, 1.54) is 0 Å². The lowest BCUT2D eigenvalue weighted by atomic mass is 10.1. The third kappa shape index (κ3) is 1.76. The van der Waals surface area contributed by atoms with Crippen LogP contribution in [-0.2, 0) is 18.3 Å². The second kappa shape index (κ2) is 3.82. The molecule has 78 valence electrons. The van der Waals surface area contributed by atoms with Gasteiger partial charge in [0.15, 0.2) is 0 Å². The summed E-state index contributed by atoms with van der Waals surface area (Å²) < 4.78 is 1.75. The van der Waals surface area contributed by atoms with Crippen molar-refractivity contribution in [2.45, 2.75) is 12.5 Å². The fourth-order valence-electron chi connectivity index (χ4n) is 1.69. The Hall–Kier alpha value is -1.68. The van der Waals surface area contributed by atoms with Crippen LogP contribution in [0.1, 0.15) is 5.69 Å². The summed E-state index contributed by atoms with van der Waals surface area (Å²) in [5.41, 5.74) is 1.76. The highest BCUT2D eigenvalue weighted by molar-refractivity contribution is 5.82. The van der Waals surface area contributed by atoms with Crippen LogP contribution in [0.15, 0.2) is 24.3 Å². The van der Waals surface area contributed by atoms with Gasteiger partial charge in [-0.1, -0.05) is 18.2 Å². The molecule has 0 fully saturated rings. The largest absolute Gasteiger partial charge is 0.385 e. The standard InChI is InChI=1S/C11H12N2O2/c1-13-11-5-3-2-4-9(11)10(12-13)6-8(15)7-14/h2-5,7-8,15H,6H2,1H3. The number of aliphatic hydroxyl groups excluding tert-OH is 1. The Morgan fingerprint density at radius 2 is 2.27 bits per heavy atom. The first-order chi connectivity index (χ1) is 7.22. The molecule has 0 aliphatic heterocycles. The van der Waals surface area contributed by atoms with Crippen LogP contribution in [0.25, 0.3) is 10.9 Å². The van der Waals surface area contributed by atoms with E-state index in [1.54, 1.807) is 4.68 Å². The van der Waals surface area contributed by atoms with Crippen LogP contribution in [-0.4, -0.2) is 27.3 Å². The van der Waals surface area contributed by atoms with Gasteiger partial charge >= 0.3 is 0 Å². The van der Waals surface area contributed by atoms with Gasteiger partial charge < -0.3 is 9.90 Å². The Bertz CT molecular complexity index is 490. The van der Waals surface area contributed by atoms with Gasteiger partial charge in [0.1, 0.15) is 12.4 Å². The van der Waals surface area contributed by atoms with Crippen molar-refractivity contribution < 1.29 is 9.90 Å². The van der Waals surface area contributed by atoms with E-state index in [0.29, 0.717) is 6.29 Å². The minimum atomic E-state index is -0.969. The van der Waals surface area contributed by atoms with Crippen LogP contribution < -0.4 is 0 Å². The average Bonchev–Trinajstić information content (AvgIpc) is 2.57. The predicted octanol–water partition coefficient (Wildman–Crippen LogP) is 0.676. The molecule has 2 rings (SSSR count). The van der Waals surface area contributed by atoms with Crippen molar-refractivity contribution in [1.82, 2.24) is 9.78 Å². The number of hydrogen-bond donors (Lipinski definition) is 1. The van der Waals surface area contributed by atoms with E-state index in [0.717, 1.165) is 16.6 Å². The van der Waals surface area contributed by atoms with E-state index in [9.17, 15) is 9.90 Å². The van der Waals surface area contributed by atoms with Gasteiger partial charge in [0.2, 0.25) is 0 Å². The molecule has 0 radical (unpaired) electrons. The number of carbonyl (C=O) groups is 1. The summed E-state index contributed by atoms with van der Waals surface area (Å²) in [5.74, 6) is 0. The number of nitrogens with zero attached hydrogens (tertiary/aromatic N) is 2. The van der Waals surface area contributed by atoms with Gasteiger partial charge in [0.25, 0.3) is 0 Å². The van der Waals surface area contributed by atoms with Gasteiger partial charge in [-0.05, 0) is 6.07 Å². The van der Waals surface area contributed by atoms with Crippen molar-refractivity contribution >= 4 is 17.2 Å². The number of aliphatic hydroxyl groups is 1.